The smallest absolute Gasteiger partial charge is 0.245 e. The van der Waals surface area contributed by atoms with Gasteiger partial charge in [-0.1, -0.05) is 11.6 Å². The summed E-state index contributed by atoms with van der Waals surface area (Å²) in [5.41, 5.74) is 6.64. The van der Waals surface area contributed by atoms with Gasteiger partial charge in [-0.15, -0.1) is 0 Å². The van der Waals surface area contributed by atoms with Gasteiger partial charge in [0.2, 0.25) is 5.91 Å². The molecule has 0 spiro atoms. The zero-order valence-electron chi connectivity index (χ0n) is 10.5. The molecule has 0 radical (unpaired) electrons. The number of ether oxygens (including phenoxy) is 1. The molecule has 3 rings (SSSR count). The van der Waals surface area contributed by atoms with Crippen molar-refractivity contribution in [3.63, 3.8) is 0 Å². The third-order valence-corrected chi connectivity index (χ3v) is 3.39. The minimum absolute atomic E-state index is 0.0920. The fraction of sp³-hybridized carbons (Fsp3) is 0.0714. The molecule has 2 aromatic rings. The Kier molecular flexibility index (Phi) is 3.27. The normalized spacial score (nSPS) is 16.6. The summed E-state index contributed by atoms with van der Waals surface area (Å²) in [5.74, 6) is -1.94. The first-order valence-corrected chi connectivity index (χ1v) is 6.36. The van der Waals surface area contributed by atoms with Gasteiger partial charge in [-0.3, -0.25) is 4.79 Å². The average Bonchev–Trinajstić information content (AvgIpc) is 2.70. The number of fused-ring (bicyclic) bond motifs is 1. The van der Waals surface area contributed by atoms with Crippen LogP contribution in [0.2, 0.25) is 5.02 Å². The summed E-state index contributed by atoms with van der Waals surface area (Å²) in [6, 6.07) is 4.91. The third-order valence-electron chi connectivity index (χ3n) is 3.09. The van der Waals surface area contributed by atoms with Crippen molar-refractivity contribution in [1.82, 2.24) is 0 Å². The number of nitrogens with one attached hydrogen (secondary N) is 1. The van der Waals surface area contributed by atoms with Gasteiger partial charge in [0.15, 0.2) is 11.6 Å². The number of halogens is 3. The van der Waals surface area contributed by atoms with Crippen LogP contribution in [0.4, 0.5) is 14.5 Å². The predicted molar refractivity (Wildman–Crippen MR) is 73.4 cm³/mol. The molecule has 1 amide bonds. The second-order valence-electron chi connectivity index (χ2n) is 4.51. The highest BCUT2D eigenvalue weighted by Gasteiger charge is 2.28. The number of rotatable bonds is 2. The van der Waals surface area contributed by atoms with E-state index in [1.807, 2.05) is 0 Å². The Bertz CT molecular complexity index is 752. The standard InChI is InChI=1S/C14H9ClF2N2O2/c15-8-4-7-10(19-14(20)13(7)18)5-11(8)21-12-3-6(16)1-2-9(12)17/h1-5,13H,18H2,(H,19,20). The topological polar surface area (TPSA) is 64.4 Å². The number of hydrogen-bond donors (Lipinski definition) is 2. The lowest BCUT2D eigenvalue weighted by Gasteiger charge is -2.11. The Hall–Kier alpha value is -2.18. The second-order valence-corrected chi connectivity index (χ2v) is 4.92. The minimum Gasteiger partial charge on any atom is -0.453 e. The quantitative estimate of drug-likeness (QED) is 0.894. The van der Waals surface area contributed by atoms with Crippen LogP contribution in [-0.2, 0) is 4.79 Å². The highest BCUT2D eigenvalue weighted by Crippen LogP contribution is 2.39. The molecule has 3 N–H and O–H groups in total. The monoisotopic (exact) mass is 310 g/mol. The first-order valence-electron chi connectivity index (χ1n) is 5.98. The van der Waals surface area contributed by atoms with Crippen LogP contribution >= 0.6 is 11.6 Å². The van der Waals surface area contributed by atoms with Gasteiger partial charge in [0.05, 0.1) is 5.02 Å². The van der Waals surface area contributed by atoms with E-state index in [1.54, 1.807) is 0 Å². The van der Waals surface area contributed by atoms with E-state index in [0.717, 1.165) is 18.2 Å². The molecule has 108 valence electrons. The van der Waals surface area contributed by atoms with Crippen LogP contribution in [-0.4, -0.2) is 5.91 Å². The molecular formula is C14H9ClF2N2O2. The van der Waals surface area contributed by atoms with Crippen molar-refractivity contribution in [2.45, 2.75) is 6.04 Å². The first-order chi connectivity index (χ1) is 9.95. The Morgan fingerprint density at radius 3 is 2.71 bits per heavy atom. The largest absolute Gasteiger partial charge is 0.453 e. The molecule has 7 heteroatoms. The number of hydrogen-bond acceptors (Lipinski definition) is 3. The molecule has 0 fully saturated rings. The maximum Gasteiger partial charge on any atom is 0.245 e. The predicted octanol–water partition coefficient (Wildman–Crippen LogP) is 3.36. The van der Waals surface area contributed by atoms with Gasteiger partial charge in [0, 0.05) is 23.4 Å². The van der Waals surface area contributed by atoms with Crippen LogP contribution in [0.5, 0.6) is 11.5 Å². The van der Waals surface area contributed by atoms with Gasteiger partial charge < -0.3 is 15.8 Å². The number of carbonyl (C=O) groups excluding carboxylic acids is 1. The summed E-state index contributed by atoms with van der Waals surface area (Å²) in [6.45, 7) is 0. The summed E-state index contributed by atoms with van der Waals surface area (Å²) >= 11 is 6.03. The Balaban J connectivity index is 1.99. The molecule has 2 aromatic carbocycles. The van der Waals surface area contributed by atoms with Crippen LogP contribution in [0, 0.1) is 11.6 Å². The lowest BCUT2D eigenvalue weighted by Crippen LogP contribution is -2.19. The van der Waals surface area contributed by atoms with Gasteiger partial charge in [-0.2, -0.15) is 0 Å². The SMILES string of the molecule is NC1C(=O)Nc2cc(Oc3cc(F)ccc3F)c(Cl)cc21. The van der Waals surface area contributed by atoms with E-state index in [2.05, 4.69) is 5.32 Å². The van der Waals surface area contributed by atoms with E-state index in [-0.39, 0.29) is 22.4 Å². The molecule has 0 saturated heterocycles. The van der Waals surface area contributed by atoms with Crippen LogP contribution in [0.3, 0.4) is 0 Å². The molecule has 0 saturated carbocycles. The van der Waals surface area contributed by atoms with E-state index in [9.17, 15) is 13.6 Å². The first kappa shape index (κ1) is 13.8. The van der Waals surface area contributed by atoms with E-state index in [1.165, 1.54) is 12.1 Å². The zero-order chi connectivity index (χ0) is 15.1. The molecule has 1 aliphatic rings. The number of carbonyl (C=O) groups is 1. The fourth-order valence-corrected chi connectivity index (χ4v) is 2.25. The molecule has 0 aliphatic carbocycles. The van der Waals surface area contributed by atoms with Crippen LogP contribution < -0.4 is 15.8 Å². The lowest BCUT2D eigenvalue weighted by atomic mass is 10.1. The maximum absolute atomic E-state index is 13.6. The summed E-state index contributed by atoms with van der Waals surface area (Å²) in [4.78, 5) is 11.5. The second kappa shape index (κ2) is 4.98. The molecular weight excluding hydrogens is 302 g/mol. The summed E-state index contributed by atoms with van der Waals surface area (Å²) < 4.78 is 32.0. The highest BCUT2D eigenvalue weighted by molar-refractivity contribution is 6.32. The van der Waals surface area contributed by atoms with Gasteiger partial charge in [0.1, 0.15) is 17.6 Å². The van der Waals surface area contributed by atoms with Gasteiger partial charge in [-0.25, -0.2) is 8.78 Å². The fourth-order valence-electron chi connectivity index (χ4n) is 2.04. The molecule has 21 heavy (non-hydrogen) atoms. The molecule has 4 nitrogen and oxygen atoms in total. The number of anilines is 1. The number of amides is 1. The van der Waals surface area contributed by atoms with E-state index in [0.29, 0.717) is 11.3 Å². The lowest BCUT2D eigenvalue weighted by molar-refractivity contribution is -0.116. The Morgan fingerprint density at radius 1 is 1.19 bits per heavy atom. The highest BCUT2D eigenvalue weighted by atomic mass is 35.5. The van der Waals surface area contributed by atoms with Crippen LogP contribution in [0.15, 0.2) is 30.3 Å². The van der Waals surface area contributed by atoms with Crippen molar-refractivity contribution in [2.75, 3.05) is 5.32 Å². The molecule has 0 aromatic heterocycles. The van der Waals surface area contributed by atoms with Gasteiger partial charge >= 0.3 is 0 Å². The van der Waals surface area contributed by atoms with Crippen molar-refractivity contribution in [2.24, 2.45) is 5.73 Å². The molecule has 1 heterocycles. The number of nitrogens with two attached hydrogens (primary N) is 1. The summed E-state index contributed by atoms with van der Waals surface area (Å²) in [5, 5.41) is 2.70. The van der Waals surface area contributed by atoms with E-state index < -0.39 is 17.7 Å². The average molecular weight is 311 g/mol. The third kappa shape index (κ3) is 2.43. The van der Waals surface area contributed by atoms with E-state index >= 15 is 0 Å². The van der Waals surface area contributed by atoms with Crippen molar-refractivity contribution in [1.29, 1.82) is 0 Å². The Labute approximate surface area is 123 Å². The zero-order valence-corrected chi connectivity index (χ0v) is 11.2. The van der Waals surface area contributed by atoms with Crippen LogP contribution in [0.25, 0.3) is 0 Å². The Morgan fingerprint density at radius 2 is 1.95 bits per heavy atom. The molecule has 1 unspecified atom stereocenters. The molecule has 1 aliphatic heterocycles. The van der Waals surface area contributed by atoms with Crippen molar-refractivity contribution < 1.29 is 18.3 Å². The van der Waals surface area contributed by atoms with Crippen molar-refractivity contribution >= 4 is 23.2 Å². The van der Waals surface area contributed by atoms with Crippen molar-refractivity contribution in [3.8, 4) is 11.5 Å². The molecule has 0 bridgehead atoms. The van der Waals surface area contributed by atoms with Gasteiger partial charge in [-0.05, 0) is 18.2 Å². The minimum atomic E-state index is -0.808. The van der Waals surface area contributed by atoms with Gasteiger partial charge in [0.25, 0.3) is 0 Å². The van der Waals surface area contributed by atoms with Crippen LogP contribution in [0.1, 0.15) is 11.6 Å². The molecule has 1 atom stereocenters. The number of benzene rings is 2. The van der Waals surface area contributed by atoms with E-state index in [4.69, 9.17) is 22.1 Å². The summed E-state index contributed by atoms with van der Waals surface area (Å²) in [6.07, 6.45) is 0. The summed E-state index contributed by atoms with van der Waals surface area (Å²) in [7, 11) is 0. The van der Waals surface area contributed by atoms with Crippen molar-refractivity contribution in [3.05, 3.63) is 52.6 Å². The maximum atomic E-state index is 13.6.